The van der Waals surface area contributed by atoms with Crippen molar-refractivity contribution in [3.63, 3.8) is 0 Å². The van der Waals surface area contributed by atoms with E-state index in [0.717, 1.165) is 0 Å². The van der Waals surface area contributed by atoms with Crippen LogP contribution in [0, 0.1) is 0 Å². The first-order valence-electron chi connectivity index (χ1n) is 4.66. The Balaban J connectivity index is 3.44. The monoisotopic (exact) mass is 309 g/mol. The van der Waals surface area contributed by atoms with Crippen LogP contribution >= 0.6 is 10.7 Å². The van der Waals surface area contributed by atoms with Crippen molar-refractivity contribution in [2.75, 3.05) is 0 Å². The lowest BCUT2D eigenvalue weighted by molar-refractivity contribution is -0.143. The van der Waals surface area contributed by atoms with Gasteiger partial charge in [-0.05, 0) is 6.42 Å². The fourth-order valence-electron chi connectivity index (χ4n) is 1.24. The molecule has 0 aliphatic heterocycles. The molecule has 0 atom stereocenters. The molecule has 0 saturated carbocycles. The van der Waals surface area contributed by atoms with E-state index in [2.05, 4.69) is 10.2 Å². The van der Waals surface area contributed by atoms with E-state index in [-0.39, 0.29) is 13.0 Å². The average Bonchev–Trinajstić information content (AvgIpc) is 2.61. The van der Waals surface area contributed by atoms with Gasteiger partial charge in [0, 0.05) is 17.2 Å². The van der Waals surface area contributed by atoms with Crippen molar-refractivity contribution in [1.29, 1.82) is 0 Å². The molecule has 1 aromatic rings. The van der Waals surface area contributed by atoms with Crippen molar-refractivity contribution in [2.24, 2.45) is 0 Å². The standard InChI is InChI=1S/C7H8ClF4N3O2S/c1-2-3-15-5(7(11,12)4(9)10)13-14-6(15)18(8,16)17/h4H,2-3H2,1H3. The molecular formula is C7H8ClF4N3O2S. The number of nitrogens with zero attached hydrogens (tertiary/aromatic N) is 3. The summed E-state index contributed by atoms with van der Waals surface area (Å²) in [5.41, 5.74) is 0. The van der Waals surface area contributed by atoms with Crippen molar-refractivity contribution in [1.82, 2.24) is 14.8 Å². The van der Waals surface area contributed by atoms with Gasteiger partial charge in [-0.2, -0.15) is 8.78 Å². The fourth-order valence-corrected chi connectivity index (χ4v) is 2.16. The number of alkyl halides is 4. The average molecular weight is 310 g/mol. The zero-order chi connectivity index (χ0) is 14.1. The van der Waals surface area contributed by atoms with Gasteiger partial charge >= 0.3 is 12.3 Å². The Morgan fingerprint density at radius 3 is 2.33 bits per heavy atom. The minimum Gasteiger partial charge on any atom is -0.296 e. The molecule has 0 amide bonds. The molecule has 18 heavy (non-hydrogen) atoms. The first-order chi connectivity index (χ1) is 8.12. The van der Waals surface area contributed by atoms with E-state index in [1.165, 1.54) is 6.92 Å². The third-order valence-electron chi connectivity index (χ3n) is 1.95. The Morgan fingerprint density at radius 2 is 1.94 bits per heavy atom. The summed E-state index contributed by atoms with van der Waals surface area (Å²) >= 11 is 0. The van der Waals surface area contributed by atoms with Gasteiger partial charge in [-0.15, -0.1) is 10.2 Å². The Labute approximate surface area is 104 Å². The molecule has 0 aliphatic rings. The number of halogens is 5. The fraction of sp³-hybridized carbons (Fsp3) is 0.714. The van der Waals surface area contributed by atoms with Gasteiger partial charge in [-0.25, -0.2) is 17.2 Å². The highest BCUT2D eigenvalue weighted by Crippen LogP contribution is 2.34. The summed E-state index contributed by atoms with van der Waals surface area (Å²) in [5, 5.41) is 4.78. The summed E-state index contributed by atoms with van der Waals surface area (Å²) < 4.78 is 73.2. The minimum atomic E-state index is -4.60. The van der Waals surface area contributed by atoms with Crippen LogP contribution in [0.2, 0.25) is 0 Å². The summed E-state index contributed by atoms with van der Waals surface area (Å²) in [6.07, 6.45) is -3.81. The van der Waals surface area contributed by atoms with E-state index < -0.39 is 32.4 Å². The molecule has 11 heteroatoms. The summed E-state index contributed by atoms with van der Waals surface area (Å²) in [6.45, 7) is 1.26. The maximum absolute atomic E-state index is 13.2. The normalized spacial score (nSPS) is 13.3. The summed E-state index contributed by atoms with van der Waals surface area (Å²) in [7, 11) is 0.521. The summed E-state index contributed by atoms with van der Waals surface area (Å²) in [6, 6.07) is 0. The molecule has 0 N–H and O–H groups in total. The lowest BCUT2D eigenvalue weighted by atomic mass is 10.3. The molecule has 0 radical (unpaired) electrons. The lowest BCUT2D eigenvalue weighted by Crippen LogP contribution is -2.28. The van der Waals surface area contributed by atoms with Crippen LogP contribution in [0.3, 0.4) is 0 Å². The first-order valence-corrected chi connectivity index (χ1v) is 6.97. The molecule has 0 bridgehead atoms. The van der Waals surface area contributed by atoms with Gasteiger partial charge in [0.2, 0.25) is 5.82 Å². The lowest BCUT2D eigenvalue weighted by Gasteiger charge is -2.15. The number of rotatable bonds is 5. The van der Waals surface area contributed by atoms with Gasteiger partial charge in [0.25, 0.3) is 14.2 Å². The molecule has 5 nitrogen and oxygen atoms in total. The van der Waals surface area contributed by atoms with E-state index >= 15 is 0 Å². The summed E-state index contributed by atoms with van der Waals surface area (Å²) in [5.74, 6) is -6.01. The predicted molar refractivity (Wildman–Crippen MR) is 53.2 cm³/mol. The maximum Gasteiger partial charge on any atom is 0.365 e. The van der Waals surface area contributed by atoms with Crippen LogP contribution in [0.15, 0.2) is 5.16 Å². The zero-order valence-corrected chi connectivity index (χ0v) is 10.5. The highest BCUT2D eigenvalue weighted by atomic mass is 35.7. The molecule has 0 spiro atoms. The van der Waals surface area contributed by atoms with Crippen molar-refractivity contribution in [2.45, 2.75) is 37.4 Å². The number of hydrogen-bond acceptors (Lipinski definition) is 4. The molecule has 1 aromatic heterocycles. The summed E-state index contributed by atoms with van der Waals surface area (Å²) in [4.78, 5) is 0. The van der Waals surface area contributed by atoms with Crippen LogP contribution in [0.4, 0.5) is 17.6 Å². The Morgan fingerprint density at radius 1 is 1.39 bits per heavy atom. The van der Waals surface area contributed by atoms with Crippen LogP contribution in [0.5, 0.6) is 0 Å². The highest BCUT2D eigenvalue weighted by molar-refractivity contribution is 8.13. The molecule has 1 rings (SSSR count). The molecule has 0 aliphatic carbocycles. The third kappa shape index (κ3) is 2.74. The zero-order valence-electron chi connectivity index (χ0n) is 8.95. The quantitative estimate of drug-likeness (QED) is 0.616. The van der Waals surface area contributed by atoms with Gasteiger partial charge in [0.15, 0.2) is 0 Å². The van der Waals surface area contributed by atoms with Crippen molar-refractivity contribution in [3.8, 4) is 0 Å². The molecule has 0 unspecified atom stereocenters. The highest BCUT2D eigenvalue weighted by Gasteiger charge is 2.48. The number of hydrogen-bond donors (Lipinski definition) is 0. The van der Waals surface area contributed by atoms with E-state index in [9.17, 15) is 26.0 Å². The Bertz CT molecular complexity index is 531. The maximum atomic E-state index is 13.2. The van der Waals surface area contributed by atoms with Crippen LogP contribution in [-0.4, -0.2) is 29.6 Å². The Hall–Kier alpha value is -0.900. The Kier molecular flexibility index (Phi) is 4.21. The number of aromatic nitrogens is 3. The van der Waals surface area contributed by atoms with Gasteiger partial charge in [-0.3, -0.25) is 4.57 Å². The molecule has 1 heterocycles. The second kappa shape index (κ2) is 5.00. The molecule has 0 saturated heterocycles. The van der Waals surface area contributed by atoms with Crippen LogP contribution < -0.4 is 0 Å². The van der Waals surface area contributed by atoms with Crippen LogP contribution in [0.1, 0.15) is 19.2 Å². The topological polar surface area (TPSA) is 64.8 Å². The smallest absolute Gasteiger partial charge is 0.296 e. The third-order valence-corrected chi connectivity index (χ3v) is 3.11. The minimum absolute atomic E-state index is 0.212. The SMILES string of the molecule is CCCn1c(C(F)(F)C(F)F)nnc1S(=O)(=O)Cl. The van der Waals surface area contributed by atoms with E-state index in [0.29, 0.717) is 4.57 Å². The predicted octanol–water partition coefficient (Wildman–Crippen LogP) is 1.97. The van der Waals surface area contributed by atoms with Crippen LogP contribution in [0.25, 0.3) is 0 Å². The van der Waals surface area contributed by atoms with Crippen molar-refractivity contribution >= 4 is 19.7 Å². The molecule has 0 fully saturated rings. The van der Waals surface area contributed by atoms with Crippen LogP contribution in [-0.2, 0) is 21.5 Å². The van der Waals surface area contributed by atoms with Crippen molar-refractivity contribution in [3.05, 3.63) is 5.82 Å². The van der Waals surface area contributed by atoms with Crippen molar-refractivity contribution < 1.29 is 26.0 Å². The van der Waals surface area contributed by atoms with Gasteiger partial charge < -0.3 is 0 Å². The molecular weight excluding hydrogens is 302 g/mol. The second-order valence-corrected chi connectivity index (χ2v) is 5.78. The van der Waals surface area contributed by atoms with Gasteiger partial charge in [0.1, 0.15) is 0 Å². The van der Waals surface area contributed by atoms with Gasteiger partial charge in [-0.1, -0.05) is 6.92 Å². The van der Waals surface area contributed by atoms with E-state index in [1.54, 1.807) is 0 Å². The second-order valence-electron chi connectivity index (χ2n) is 3.32. The van der Waals surface area contributed by atoms with E-state index in [4.69, 9.17) is 10.7 Å². The largest absolute Gasteiger partial charge is 0.365 e. The molecule has 104 valence electrons. The van der Waals surface area contributed by atoms with Gasteiger partial charge in [0.05, 0.1) is 0 Å². The first kappa shape index (κ1) is 15.2. The molecule has 0 aromatic carbocycles. The van der Waals surface area contributed by atoms with E-state index in [1.807, 2.05) is 0 Å².